The molecule has 0 spiro atoms. The summed E-state index contributed by atoms with van der Waals surface area (Å²) in [5.41, 5.74) is 2.74. The van der Waals surface area contributed by atoms with Crippen molar-refractivity contribution in [3.8, 4) is 11.3 Å². The fraction of sp³-hybridized carbons (Fsp3) is 0.250. The normalized spacial score (nSPS) is 11.1. The molecule has 0 fully saturated rings. The Morgan fingerprint density at radius 3 is 2.53 bits per heavy atom. The van der Waals surface area contributed by atoms with Gasteiger partial charge >= 0.3 is 0 Å². The van der Waals surface area contributed by atoms with Crippen LogP contribution in [0.4, 0.5) is 10.1 Å². The Kier molecular flexibility index (Phi) is 3.35. The average molecular weight is 254 g/mol. The summed E-state index contributed by atoms with van der Waals surface area (Å²) < 4.78 is 13.3. The van der Waals surface area contributed by atoms with Gasteiger partial charge in [0, 0.05) is 6.20 Å². The number of benzene rings is 1. The maximum absolute atomic E-state index is 13.3. The first-order valence-electron chi connectivity index (χ1n) is 6.06. The van der Waals surface area contributed by atoms with Crippen molar-refractivity contribution in [2.45, 2.75) is 26.2 Å². The van der Waals surface area contributed by atoms with Crippen LogP contribution >= 0.6 is 0 Å². The Morgan fingerprint density at radius 2 is 1.89 bits per heavy atom. The molecule has 0 aliphatic heterocycles. The van der Waals surface area contributed by atoms with Crippen LogP contribution < -0.4 is 0 Å². The minimum Gasteiger partial charge on any atom is -0.256 e. The number of nitrogens with zero attached hydrogens (tertiary/aromatic N) is 2. The van der Waals surface area contributed by atoms with Gasteiger partial charge in [0.1, 0.15) is 5.82 Å². The minimum atomic E-state index is -0.495. The van der Waals surface area contributed by atoms with E-state index < -0.39 is 5.82 Å². The first kappa shape index (κ1) is 13.2. The SMILES string of the molecule is [C-]#[N+]c1cc(-c2cc(C(C)(C)C)ccn2)ccc1F. The Hall–Kier alpha value is -2.21. The fourth-order valence-electron chi connectivity index (χ4n) is 1.81. The lowest BCUT2D eigenvalue weighted by Gasteiger charge is -2.19. The van der Waals surface area contributed by atoms with Crippen LogP contribution in [0, 0.1) is 12.4 Å². The Morgan fingerprint density at radius 1 is 1.16 bits per heavy atom. The zero-order chi connectivity index (χ0) is 14.0. The summed E-state index contributed by atoms with van der Waals surface area (Å²) in [7, 11) is 0. The van der Waals surface area contributed by atoms with Crippen LogP contribution in [0.1, 0.15) is 26.3 Å². The van der Waals surface area contributed by atoms with Crippen molar-refractivity contribution in [2.24, 2.45) is 0 Å². The van der Waals surface area contributed by atoms with Crippen molar-refractivity contribution >= 4 is 5.69 Å². The largest absolute Gasteiger partial charge is 0.256 e. The zero-order valence-corrected chi connectivity index (χ0v) is 11.2. The quantitative estimate of drug-likeness (QED) is 0.672. The topological polar surface area (TPSA) is 17.2 Å². The van der Waals surface area contributed by atoms with Crippen molar-refractivity contribution < 1.29 is 4.39 Å². The molecule has 0 saturated heterocycles. The van der Waals surface area contributed by atoms with E-state index in [-0.39, 0.29) is 11.1 Å². The molecule has 2 aromatic rings. The Balaban J connectivity index is 2.51. The summed E-state index contributed by atoms with van der Waals surface area (Å²) in [5.74, 6) is -0.495. The molecule has 0 amide bonds. The summed E-state index contributed by atoms with van der Waals surface area (Å²) in [6.45, 7) is 13.3. The van der Waals surface area contributed by atoms with E-state index in [0.29, 0.717) is 0 Å². The second-order valence-electron chi connectivity index (χ2n) is 5.46. The van der Waals surface area contributed by atoms with Gasteiger partial charge in [-0.25, -0.2) is 9.24 Å². The number of aromatic nitrogens is 1. The summed E-state index contributed by atoms with van der Waals surface area (Å²) >= 11 is 0. The molecule has 1 aromatic heterocycles. The predicted octanol–water partition coefficient (Wildman–Crippen LogP) is 4.74. The maximum Gasteiger partial charge on any atom is 0.222 e. The van der Waals surface area contributed by atoms with E-state index in [1.165, 1.54) is 12.1 Å². The van der Waals surface area contributed by atoms with E-state index in [4.69, 9.17) is 6.57 Å². The standard InChI is InChI=1S/C16H15FN2/c1-16(2,3)12-7-8-19-14(10-12)11-5-6-13(17)15(9-11)18-4/h5-10H,1-3H3. The van der Waals surface area contributed by atoms with Crippen LogP contribution in [0.25, 0.3) is 16.1 Å². The molecule has 0 radical (unpaired) electrons. The number of pyridine rings is 1. The summed E-state index contributed by atoms with van der Waals surface area (Å²) in [5, 5.41) is 0. The second kappa shape index (κ2) is 4.81. The third-order valence-corrected chi connectivity index (χ3v) is 2.99. The number of rotatable bonds is 1. The zero-order valence-electron chi connectivity index (χ0n) is 11.2. The van der Waals surface area contributed by atoms with Crippen LogP contribution in [-0.2, 0) is 5.41 Å². The van der Waals surface area contributed by atoms with Crippen molar-refractivity contribution in [3.63, 3.8) is 0 Å². The molecule has 1 heterocycles. The van der Waals surface area contributed by atoms with Crippen LogP contribution in [0.15, 0.2) is 36.5 Å². The van der Waals surface area contributed by atoms with E-state index in [1.807, 2.05) is 12.1 Å². The van der Waals surface area contributed by atoms with Gasteiger partial charge in [0.15, 0.2) is 0 Å². The molecule has 0 N–H and O–H groups in total. The molecule has 96 valence electrons. The Labute approximate surface area is 112 Å². The highest BCUT2D eigenvalue weighted by Gasteiger charge is 2.15. The molecule has 0 aliphatic carbocycles. The molecular weight excluding hydrogens is 239 g/mol. The van der Waals surface area contributed by atoms with Gasteiger partial charge in [0.05, 0.1) is 12.3 Å². The van der Waals surface area contributed by atoms with E-state index in [9.17, 15) is 4.39 Å². The molecule has 0 saturated carbocycles. The van der Waals surface area contributed by atoms with Gasteiger partial charge in [-0.3, -0.25) is 4.98 Å². The van der Waals surface area contributed by atoms with E-state index >= 15 is 0 Å². The lowest BCUT2D eigenvalue weighted by molar-refractivity contribution is 0.589. The van der Waals surface area contributed by atoms with Gasteiger partial charge in [-0.05, 0) is 40.8 Å². The Bertz CT molecular complexity index is 649. The molecule has 19 heavy (non-hydrogen) atoms. The van der Waals surface area contributed by atoms with Crippen LogP contribution in [-0.4, -0.2) is 4.98 Å². The van der Waals surface area contributed by atoms with Crippen LogP contribution in [0.2, 0.25) is 0 Å². The third-order valence-electron chi connectivity index (χ3n) is 2.99. The molecular formula is C16H15FN2. The van der Waals surface area contributed by atoms with Crippen LogP contribution in [0.3, 0.4) is 0 Å². The molecule has 0 unspecified atom stereocenters. The van der Waals surface area contributed by atoms with Crippen molar-refractivity contribution in [1.82, 2.24) is 4.98 Å². The highest BCUT2D eigenvalue weighted by molar-refractivity contribution is 5.66. The second-order valence-corrected chi connectivity index (χ2v) is 5.46. The van der Waals surface area contributed by atoms with E-state index in [0.717, 1.165) is 16.8 Å². The number of hydrogen-bond acceptors (Lipinski definition) is 1. The summed E-state index contributed by atoms with van der Waals surface area (Å²) in [4.78, 5) is 7.48. The fourth-order valence-corrected chi connectivity index (χ4v) is 1.81. The van der Waals surface area contributed by atoms with Crippen molar-refractivity contribution in [2.75, 3.05) is 0 Å². The first-order valence-corrected chi connectivity index (χ1v) is 6.06. The number of hydrogen-bond donors (Lipinski definition) is 0. The highest BCUT2D eigenvalue weighted by Crippen LogP contribution is 2.29. The predicted molar refractivity (Wildman–Crippen MR) is 74.6 cm³/mol. The third kappa shape index (κ3) is 2.79. The molecule has 1 aromatic carbocycles. The molecule has 0 bridgehead atoms. The van der Waals surface area contributed by atoms with Gasteiger partial charge in [-0.1, -0.05) is 26.8 Å². The van der Waals surface area contributed by atoms with Crippen molar-refractivity contribution in [3.05, 3.63) is 59.3 Å². The minimum absolute atomic E-state index is 0.0281. The van der Waals surface area contributed by atoms with E-state index in [2.05, 4.69) is 30.6 Å². The van der Waals surface area contributed by atoms with Gasteiger partial charge in [0.2, 0.25) is 5.69 Å². The van der Waals surface area contributed by atoms with Gasteiger partial charge in [-0.2, -0.15) is 0 Å². The summed E-state index contributed by atoms with van der Waals surface area (Å²) in [6, 6.07) is 8.47. The molecule has 3 heteroatoms. The maximum atomic E-state index is 13.3. The number of halogens is 1. The van der Waals surface area contributed by atoms with Crippen molar-refractivity contribution in [1.29, 1.82) is 0 Å². The van der Waals surface area contributed by atoms with E-state index in [1.54, 1.807) is 12.3 Å². The monoisotopic (exact) mass is 254 g/mol. The lowest BCUT2D eigenvalue weighted by Crippen LogP contribution is -2.11. The molecule has 0 aliphatic rings. The lowest BCUT2D eigenvalue weighted by atomic mass is 9.87. The van der Waals surface area contributed by atoms with Gasteiger partial charge in [0.25, 0.3) is 0 Å². The molecule has 2 rings (SSSR count). The highest BCUT2D eigenvalue weighted by atomic mass is 19.1. The summed E-state index contributed by atoms with van der Waals surface area (Å²) in [6.07, 6.45) is 1.75. The van der Waals surface area contributed by atoms with Gasteiger partial charge in [-0.15, -0.1) is 0 Å². The average Bonchev–Trinajstić information content (AvgIpc) is 2.38. The van der Waals surface area contributed by atoms with Gasteiger partial charge < -0.3 is 0 Å². The molecule has 2 nitrogen and oxygen atoms in total. The molecule has 0 atom stereocenters. The van der Waals surface area contributed by atoms with Crippen LogP contribution in [0.5, 0.6) is 0 Å². The smallest absolute Gasteiger partial charge is 0.222 e. The first-order chi connectivity index (χ1) is 8.91.